The molecule has 41 heavy (non-hydrogen) atoms. The first kappa shape index (κ1) is 29.2. The van der Waals surface area contributed by atoms with Crippen LogP contribution in [0.4, 0.5) is 11.5 Å². The topological polar surface area (TPSA) is 77.1 Å². The van der Waals surface area contributed by atoms with Gasteiger partial charge in [0.25, 0.3) is 0 Å². The largest absolute Gasteiger partial charge is 0.497 e. The number of hydrogen-bond donors (Lipinski definition) is 2. The van der Waals surface area contributed by atoms with Crippen molar-refractivity contribution in [1.29, 1.82) is 0 Å². The van der Waals surface area contributed by atoms with Crippen molar-refractivity contribution in [2.45, 2.75) is 56.9 Å². The number of ether oxygens (including phenoxy) is 4. The second kappa shape index (κ2) is 14.5. The van der Waals surface area contributed by atoms with E-state index < -0.39 is 0 Å². The van der Waals surface area contributed by atoms with Crippen molar-refractivity contribution in [2.24, 2.45) is 0 Å². The molecule has 1 fully saturated rings. The fraction of sp³-hybridized carbons (Fsp3) is 0.485. The van der Waals surface area contributed by atoms with E-state index in [0.29, 0.717) is 25.3 Å². The van der Waals surface area contributed by atoms with Gasteiger partial charge < -0.3 is 34.5 Å². The molecule has 1 saturated heterocycles. The van der Waals surface area contributed by atoms with Gasteiger partial charge in [-0.25, -0.2) is 4.98 Å². The summed E-state index contributed by atoms with van der Waals surface area (Å²) in [5.74, 6) is 3.01. The molecule has 0 saturated carbocycles. The highest BCUT2D eigenvalue weighted by molar-refractivity contribution is 5.61. The summed E-state index contributed by atoms with van der Waals surface area (Å²) in [5.41, 5.74) is 3.60. The molecule has 220 valence electrons. The van der Waals surface area contributed by atoms with Crippen LogP contribution < -0.4 is 25.0 Å². The molecule has 2 N–H and O–H groups in total. The summed E-state index contributed by atoms with van der Waals surface area (Å²) in [6.07, 6.45) is 4.87. The third kappa shape index (κ3) is 7.91. The molecule has 5 rings (SSSR count). The molecular weight excluding hydrogens is 516 g/mol. The zero-order chi connectivity index (χ0) is 28.4. The van der Waals surface area contributed by atoms with Gasteiger partial charge in [-0.2, -0.15) is 0 Å². The highest BCUT2D eigenvalue weighted by atomic mass is 16.5. The number of anilines is 2. The minimum atomic E-state index is 0.0591. The summed E-state index contributed by atoms with van der Waals surface area (Å²) in [6, 6.07) is 21.5. The lowest BCUT2D eigenvalue weighted by molar-refractivity contribution is 0.00202. The number of hydrogen-bond acceptors (Lipinski definition) is 8. The number of benzene rings is 2. The molecule has 8 nitrogen and oxygen atoms in total. The maximum atomic E-state index is 6.67. The first-order valence-corrected chi connectivity index (χ1v) is 14.8. The summed E-state index contributed by atoms with van der Waals surface area (Å²) in [6.45, 7) is 6.90. The van der Waals surface area contributed by atoms with Gasteiger partial charge in [-0.05, 0) is 73.7 Å². The van der Waals surface area contributed by atoms with Gasteiger partial charge in [0.05, 0.1) is 32.1 Å². The van der Waals surface area contributed by atoms with E-state index in [2.05, 4.69) is 69.9 Å². The Morgan fingerprint density at radius 2 is 2.00 bits per heavy atom. The summed E-state index contributed by atoms with van der Waals surface area (Å²) in [4.78, 5) is 6.82. The van der Waals surface area contributed by atoms with Gasteiger partial charge in [0.1, 0.15) is 23.9 Å². The number of aromatic nitrogens is 1. The minimum absolute atomic E-state index is 0.0591. The normalized spacial score (nSPS) is 21.0. The fourth-order valence-corrected chi connectivity index (χ4v) is 5.95. The molecule has 0 spiro atoms. The van der Waals surface area contributed by atoms with E-state index in [-0.39, 0.29) is 12.0 Å². The quantitative estimate of drug-likeness (QED) is 0.275. The van der Waals surface area contributed by atoms with Gasteiger partial charge in [-0.1, -0.05) is 24.3 Å². The molecule has 3 aromatic rings. The first-order chi connectivity index (χ1) is 20.1. The van der Waals surface area contributed by atoms with E-state index in [1.165, 1.54) is 5.56 Å². The zero-order valence-corrected chi connectivity index (χ0v) is 24.6. The maximum Gasteiger partial charge on any atom is 0.142 e. The average molecular weight is 561 g/mol. The van der Waals surface area contributed by atoms with E-state index in [1.807, 2.05) is 24.4 Å². The second-order valence-electron chi connectivity index (χ2n) is 11.0. The van der Waals surface area contributed by atoms with Crippen LogP contribution in [0.2, 0.25) is 0 Å². The minimum Gasteiger partial charge on any atom is -0.497 e. The second-order valence-corrected chi connectivity index (χ2v) is 11.0. The predicted octanol–water partition coefficient (Wildman–Crippen LogP) is 5.25. The Labute approximate surface area is 244 Å². The van der Waals surface area contributed by atoms with Crippen LogP contribution in [0.15, 0.2) is 66.9 Å². The Morgan fingerprint density at radius 1 is 1.12 bits per heavy atom. The third-order valence-corrected chi connectivity index (χ3v) is 8.06. The Balaban J connectivity index is 1.25. The summed E-state index contributed by atoms with van der Waals surface area (Å²) < 4.78 is 23.3. The van der Waals surface area contributed by atoms with E-state index in [0.717, 1.165) is 74.1 Å². The number of rotatable bonds is 13. The molecule has 2 aliphatic rings. The van der Waals surface area contributed by atoms with Gasteiger partial charge in [-0.3, -0.25) is 0 Å². The van der Waals surface area contributed by atoms with Crippen molar-refractivity contribution < 1.29 is 18.9 Å². The molecule has 2 aliphatic heterocycles. The Morgan fingerprint density at radius 3 is 2.78 bits per heavy atom. The lowest BCUT2D eigenvalue weighted by Crippen LogP contribution is -2.48. The number of methoxy groups -OCH3 is 2. The van der Waals surface area contributed by atoms with Crippen LogP contribution in [-0.2, 0) is 16.1 Å². The van der Waals surface area contributed by atoms with Gasteiger partial charge >= 0.3 is 0 Å². The van der Waals surface area contributed by atoms with Gasteiger partial charge in [-0.15, -0.1) is 0 Å². The number of piperidine rings is 1. The molecule has 1 aromatic heterocycles. The van der Waals surface area contributed by atoms with E-state index in [9.17, 15) is 0 Å². The van der Waals surface area contributed by atoms with Crippen molar-refractivity contribution in [3.8, 4) is 11.5 Å². The molecule has 3 heterocycles. The van der Waals surface area contributed by atoms with Crippen LogP contribution in [-0.4, -0.2) is 70.2 Å². The monoisotopic (exact) mass is 560 g/mol. The third-order valence-electron chi connectivity index (χ3n) is 8.06. The van der Waals surface area contributed by atoms with Crippen molar-refractivity contribution in [3.63, 3.8) is 0 Å². The molecular formula is C33H44N4O4. The van der Waals surface area contributed by atoms with Crippen molar-refractivity contribution in [3.05, 3.63) is 78.0 Å². The fourth-order valence-electron chi connectivity index (χ4n) is 5.95. The van der Waals surface area contributed by atoms with Crippen molar-refractivity contribution >= 4 is 11.5 Å². The number of pyridine rings is 1. The van der Waals surface area contributed by atoms with Crippen LogP contribution in [0.5, 0.6) is 11.5 Å². The van der Waals surface area contributed by atoms with E-state index >= 15 is 0 Å². The van der Waals surface area contributed by atoms with Gasteiger partial charge in [0.2, 0.25) is 0 Å². The van der Waals surface area contributed by atoms with Crippen molar-refractivity contribution in [2.75, 3.05) is 57.3 Å². The zero-order valence-electron chi connectivity index (χ0n) is 24.6. The average Bonchev–Trinajstić information content (AvgIpc) is 3.01. The number of fused-ring (bicyclic) bond motifs is 1. The van der Waals surface area contributed by atoms with Crippen molar-refractivity contribution in [1.82, 2.24) is 10.3 Å². The SMILES string of the molecule is COCCCN1CCOc2ccc(CO[C@H]3CN[C@@H](C[C@@H](C)Nc4ccccn4)C[C@@H]3c3ccc(OC)cc3)cc21. The first-order valence-electron chi connectivity index (χ1n) is 14.8. The smallest absolute Gasteiger partial charge is 0.142 e. The molecule has 0 bridgehead atoms. The van der Waals surface area contributed by atoms with Crippen LogP contribution in [0.1, 0.15) is 43.2 Å². The molecule has 0 radical (unpaired) electrons. The number of nitrogens with zero attached hydrogens (tertiary/aromatic N) is 2. The molecule has 0 unspecified atom stereocenters. The summed E-state index contributed by atoms with van der Waals surface area (Å²) in [5, 5.41) is 7.32. The molecule has 0 aliphatic carbocycles. The van der Waals surface area contributed by atoms with Crippen LogP contribution in [0, 0.1) is 0 Å². The lowest BCUT2D eigenvalue weighted by Gasteiger charge is -2.38. The van der Waals surface area contributed by atoms with Gasteiger partial charge in [0.15, 0.2) is 0 Å². The Hall–Kier alpha value is -3.33. The Bertz CT molecular complexity index is 1210. The standard InChI is InChI=1S/C33H44N4O4/c1-24(36-33-7-4-5-14-34-33)19-27-21-29(26-9-11-28(39-3)12-10-26)32(22-35-27)41-23-25-8-13-31-30(20-25)37(16-18-40-31)15-6-17-38-2/h4-5,7-14,20,24,27,29,32,35H,6,15-19,21-23H2,1-3H3,(H,34,36)/t24-,27+,29-,32+/m1/s1. The van der Waals surface area contributed by atoms with Crippen LogP contribution in [0.25, 0.3) is 0 Å². The van der Waals surface area contributed by atoms with Crippen LogP contribution in [0.3, 0.4) is 0 Å². The molecule has 8 heteroatoms. The van der Waals surface area contributed by atoms with Crippen LogP contribution >= 0.6 is 0 Å². The van der Waals surface area contributed by atoms with Gasteiger partial charge in [0, 0.05) is 51.0 Å². The summed E-state index contributed by atoms with van der Waals surface area (Å²) in [7, 11) is 3.46. The predicted molar refractivity (Wildman–Crippen MR) is 163 cm³/mol. The summed E-state index contributed by atoms with van der Waals surface area (Å²) >= 11 is 0. The number of nitrogens with one attached hydrogen (secondary N) is 2. The highest BCUT2D eigenvalue weighted by Gasteiger charge is 2.33. The molecule has 0 amide bonds. The molecule has 2 aromatic carbocycles. The molecule has 4 atom stereocenters. The van der Waals surface area contributed by atoms with E-state index in [4.69, 9.17) is 18.9 Å². The highest BCUT2D eigenvalue weighted by Crippen LogP contribution is 2.35. The van der Waals surface area contributed by atoms with E-state index in [1.54, 1.807) is 14.2 Å². The Kier molecular flexibility index (Phi) is 10.3. The maximum absolute atomic E-state index is 6.67. The lowest BCUT2D eigenvalue weighted by atomic mass is 9.82.